The zero-order valence-corrected chi connectivity index (χ0v) is 11.2. The molecule has 2 N–H and O–H groups in total. The number of nitrogens with one attached hydrogen (secondary N) is 2. The molecule has 0 aliphatic rings. The Morgan fingerprint density at radius 3 is 2.76 bits per heavy atom. The Morgan fingerprint density at radius 2 is 2.18 bits per heavy atom. The molecule has 0 fully saturated rings. The van der Waals surface area contributed by atoms with Crippen LogP contribution in [0.5, 0.6) is 0 Å². The number of aryl methyl sites for hydroxylation is 1. The van der Waals surface area contributed by atoms with E-state index in [0.717, 1.165) is 12.1 Å². The minimum Gasteiger partial charge on any atom is -0.316 e. The van der Waals surface area contributed by atoms with Crippen LogP contribution in [0.2, 0.25) is 0 Å². The van der Waals surface area contributed by atoms with Crippen LogP contribution in [0.1, 0.15) is 19.4 Å². The largest absolute Gasteiger partial charge is 0.316 e. The molecule has 0 aliphatic heterocycles. The lowest BCUT2D eigenvalue weighted by Gasteiger charge is -2.16. The van der Waals surface area contributed by atoms with Crippen LogP contribution in [0.15, 0.2) is 18.5 Å². The van der Waals surface area contributed by atoms with Crippen molar-refractivity contribution in [3.8, 4) is 0 Å². The van der Waals surface area contributed by atoms with Crippen LogP contribution < -0.4 is 10.0 Å². The smallest absolute Gasteiger partial charge is 0.236 e. The summed E-state index contributed by atoms with van der Waals surface area (Å²) >= 11 is 0. The monoisotopic (exact) mass is 257 g/mol. The third-order valence-electron chi connectivity index (χ3n) is 2.48. The van der Waals surface area contributed by atoms with E-state index in [1.54, 1.807) is 25.4 Å². The van der Waals surface area contributed by atoms with Gasteiger partial charge in [0.1, 0.15) is 0 Å². The predicted molar refractivity (Wildman–Crippen MR) is 69.5 cm³/mol. The van der Waals surface area contributed by atoms with Gasteiger partial charge in [0.2, 0.25) is 10.0 Å². The van der Waals surface area contributed by atoms with Crippen LogP contribution in [0.25, 0.3) is 0 Å². The Kier molecular flexibility index (Phi) is 4.89. The van der Waals surface area contributed by atoms with Crippen molar-refractivity contribution in [1.29, 1.82) is 0 Å². The van der Waals surface area contributed by atoms with Crippen molar-refractivity contribution in [2.75, 3.05) is 17.8 Å². The first-order valence-corrected chi connectivity index (χ1v) is 7.15. The fraction of sp³-hybridized carbons (Fsp3) is 0.545. The molecule has 0 aliphatic carbocycles. The highest BCUT2D eigenvalue weighted by Gasteiger charge is 2.20. The first kappa shape index (κ1) is 13.9. The molecule has 0 amide bonds. The van der Waals surface area contributed by atoms with Crippen LogP contribution in [-0.2, 0) is 10.0 Å². The van der Waals surface area contributed by atoms with Gasteiger partial charge in [0, 0.05) is 18.9 Å². The third kappa shape index (κ3) is 3.98. The van der Waals surface area contributed by atoms with E-state index < -0.39 is 15.3 Å². The van der Waals surface area contributed by atoms with Crippen LogP contribution in [0, 0.1) is 6.92 Å². The molecule has 0 radical (unpaired) electrons. The maximum Gasteiger partial charge on any atom is 0.236 e. The molecule has 1 heterocycles. The Labute approximate surface area is 103 Å². The van der Waals surface area contributed by atoms with E-state index in [9.17, 15) is 8.42 Å². The van der Waals surface area contributed by atoms with Crippen LogP contribution in [0.4, 0.5) is 5.69 Å². The first-order chi connectivity index (χ1) is 7.97. The van der Waals surface area contributed by atoms with Gasteiger partial charge in [-0.15, -0.1) is 0 Å². The summed E-state index contributed by atoms with van der Waals surface area (Å²) in [6.45, 7) is 6.64. The van der Waals surface area contributed by atoms with E-state index in [4.69, 9.17) is 0 Å². The van der Waals surface area contributed by atoms with Gasteiger partial charge in [0.05, 0.1) is 10.9 Å². The molecule has 0 bridgehead atoms. The molecule has 0 aromatic carbocycles. The van der Waals surface area contributed by atoms with E-state index in [1.807, 2.05) is 13.8 Å². The molecular weight excluding hydrogens is 238 g/mol. The molecule has 17 heavy (non-hydrogen) atoms. The lowest BCUT2D eigenvalue weighted by atomic mass is 10.3. The van der Waals surface area contributed by atoms with Crippen molar-refractivity contribution in [2.45, 2.75) is 26.0 Å². The Balaban J connectivity index is 2.76. The fourth-order valence-electron chi connectivity index (χ4n) is 1.30. The molecule has 1 aromatic heterocycles. The van der Waals surface area contributed by atoms with Crippen LogP contribution >= 0.6 is 0 Å². The number of sulfonamides is 1. The van der Waals surface area contributed by atoms with Gasteiger partial charge in [-0.1, -0.05) is 6.92 Å². The van der Waals surface area contributed by atoms with E-state index in [-0.39, 0.29) is 0 Å². The van der Waals surface area contributed by atoms with Crippen molar-refractivity contribution in [2.24, 2.45) is 0 Å². The van der Waals surface area contributed by atoms with Crippen molar-refractivity contribution in [3.05, 3.63) is 24.0 Å². The van der Waals surface area contributed by atoms with Crippen molar-refractivity contribution < 1.29 is 8.42 Å². The molecular formula is C11H19N3O2S. The SMILES string of the molecule is CCNCC(C)S(=O)(=O)Nc1ccncc1C. The van der Waals surface area contributed by atoms with Gasteiger partial charge < -0.3 is 5.32 Å². The highest BCUT2D eigenvalue weighted by atomic mass is 32.2. The summed E-state index contributed by atoms with van der Waals surface area (Å²) < 4.78 is 26.6. The van der Waals surface area contributed by atoms with Gasteiger partial charge in [0.25, 0.3) is 0 Å². The molecule has 1 aromatic rings. The molecule has 1 atom stereocenters. The minimum absolute atomic E-state index is 0.440. The lowest BCUT2D eigenvalue weighted by molar-refractivity contribution is 0.579. The second-order valence-electron chi connectivity index (χ2n) is 3.96. The molecule has 0 spiro atoms. The highest BCUT2D eigenvalue weighted by molar-refractivity contribution is 7.93. The van der Waals surface area contributed by atoms with E-state index >= 15 is 0 Å². The van der Waals surface area contributed by atoms with Crippen LogP contribution in [-0.4, -0.2) is 31.7 Å². The molecule has 96 valence electrons. The van der Waals surface area contributed by atoms with Gasteiger partial charge in [-0.25, -0.2) is 8.42 Å². The normalized spacial score (nSPS) is 13.4. The summed E-state index contributed by atoms with van der Waals surface area (Å²) in [5, 5.41) is 2.55. The summed E-state index contributed by atoms with van der Waals surface area (Å²) in [5.41, 5.74) is 1.40. The lowest BCUT2D eigenvalue weighted by Crippen LogP contribution is -2.34. The second kappa shape index (κ2) is 5.97. The van der Waals surface area contributed by atoms with Gasteiger partial charge in [0.15, 0.2) is 0 Å². The second-order valence-corrected chi connectivity index (χ2v) is 6.05. The molecule has 1 unspecified atom stereocenters. The highest BCUT2D eigenvalue weighted by Crippen LogP contribution is 2.15. The predicted octanol–water partition coefficient (Wildman–Crippen LogP) is 1.13. The zero-order chi connectivity index (χ0) is 12.9. The maximum atomic E-state index is 12.0. The maximum absolute atomic E-state index is 12.0. The van der Waals surface area contributed by atoms with Crippen molar-refractivity contribution in [3.63, 3.8) is 0 Å². The van der Waals surface area contributed by atoms with Gasteiger partial charge >= 0.3 is 0 Å². The number of hydrogen-bond donors (Lipinski definition) is 2. The van der Waals surface area contributed by atoms with Crippen molar-refractivity contribution in [1.82, 2.24) is 10.3 Å². The molecule has 0 saturated heterocycles. The topological polar surface area (TPSA) is 71.1 Å². The summed E-state index contributed by atoms with van der Waals surface area (Å²) in [4.78, 5) is 3.92. The minimum atomic E-state index is -3.35. The number of hydrogen-bond acceptors (Lipinski definition) is 4. The zero-order valence-electron chi connectivity index (χ0n) is 10.4. The summed E-state index contributed by atoms with van der Waals surface area (Å²) in [5.74, 6) is 0. The number of nitrogens with zero attached hydrogens (tertiary/aromatic N) is 1. The summed E-state index contributed by atoms with van der Waals surface area (Å²) in [6.07, 6.45) is 3.20. The van der Waals surface area contributed by atoms with E-state index in [2.05, 4.69) is 15.0 Å². The van der Waals surface area contributed by atoms with Gasteiger partial charge in [-0.3, -0.25) is 9.71 Å². The van der Waals surface area contributed by atoms with Crippen LogP contribution in [0.3, 0.4) is 0 Å². The summed E-state index contributed by atoms with van der Waals surface area (Å²) in [7, 11) is -3.35. The number of pyridine rings is 1. The number of anilines is 1. The standard InChI is InChI=1S/C11H19N3O2S/c1-4-12-8-10(3)17(15,16)14-11-5-6-13-7-9(11)2/h5-7,10,12H,4,8H2,1-3H3,(H,13,14). The average molecular weight is 257 g/mol. The molecule has 0 saturated carbocycles. The molecule has 1 rings (SSSR count). The van der Waals surface area contributed by atoms with Gasteiger partial charge in [-0.05, 0) is 32.0 Å². The van der Waals surface area contributed by atoms with Gasteiger partial charge in [-0.2, -0.15) is 0 Å². The fourth-order valence-corrected chi connectivity index (χ4v) is 2.37. The average Bonchev–Trinajstić information content (AvgIpc) is 2.28. The quantitative estimate of drug-likeness (QED) is 0.801. The third-order valence-corrected chi connectivity index (χ3v) is 4.21. The molecule has 5 nitrogen and oxygen atoms in total. The Morgan fingerprint density at radius 1 is 1.47 bits per heavy atom. The Bertz CT molecular complexity index is 460. The van der Waals surface area contributed by atoms with Crippen molar-refractivity contribution >= 4 is 15.7 Å². The molecule has 6 heteroatoms. The first-order valence-electron chi connectivity index (χ1n) is 5.60. The Hall–Kier alpha value is -1.14. The number of rotatable bonds is 6. The van der Waals surface area contributed by atoms with E-state index in [0.29, 0.717) is 12.2 Å². The van der Waals surface area contributed by atoms with E-state index in [1.165, 1.54) is 0 Å². The summed E-state index contributed by atoms with van der Waals surface area (Å²) in [6, 6.07) is 1.66. The number of aromatic nitrogens is 1.